The van der Waals surface area contributed by atoms with Crippen molar-refractivity contribution in [1.82, 2.24) is 0 Å². The highest BCUT2D eigenvalue weighted by Crippen LogP contribution is 2.48. The van der Waals surface area contributed by atoms with Gasteiger partial charge in [-0.05, 0) is 98.7 Å². The van der Waals surface area contributed by atoms with Crippen molar-refractivity contribution in [1.29, 1.82) is 0 Å². The summed E-state index contributed by atoms with van der Waals surface area (Å²) in [7, 11) is 0. The van der Waals surface area contributed by atoms with Gasteiger partial charge >= 0.3 is 0 Å². The van der Waals surface area contributed by atoms with Gasteiger partial charge in [-0.15, -0.1) is 0 Å². The predicted molar refractivity (Wildman–Crippen MR) is 217 cm³/mol. The maximum atomic E-state index is 6.58. The number of fused-ring (bicyclic) bond motifs is 3. The van der Waals surface area contributed by atoms with Crippen molar-refractivity contribution in [2.45, 2.75) is 88.0 Å². The van der Waals surface area contributed by atoms with Gasteiger partial charge in [-0.1, -0.05) is 141 Å². The fourth-order valence-electron chi connectivity index (χ4n) is 6.09. The maximum absolute atomic E-state index is 6.58. The van der Waals surface area contributed by atoms with Gasteiger partial charge in [-0.25, -0.2) is 0 Å². The molecule has 5 rings (SSSR count). The molecule has 4 nitrogen and oxygen atoms in total. The average molecular weight is 689 g/mol. The van der Waals surface area contributed by atoms with Crippen LogP contribution in [-0.2, 0) is 0 Å². The summed E-state index contributed by atoms with van der Waals surface area (Å²) in [6.45, 7) is 22.5. The molecule has 5 aromatic carbocycles. The molecule has 0 amide bonds. The van der Waals surface area contributed by atoms with Gasteiger partial charge in [-0.3, -0.25) is 0 Å². The zero-order chi connectivity index (χ0) is 36.5. The quantitative estimate of drug-likeness (QED) is 0.0859. The minimum atomic E-state index is 0.436. The molecule has 0 spiro atoms. The second kappa shape index (κ2) is 17.8. The molecule has 0 fully saturated rings. The molecule has 0 heterocycles. The lowest BCUT2D eigenvalue weighted by Gasteiger charge is -2.22. The molecule has 0 aromatic heterocycles. The number of aryl methyl sites for hydroxylation is 1. The van der Waals surface area contributed by atoms with Gasteiger partial charge in [0.1, 0.15) is 0 Å². The summed E-state index contributed by atoms with van der Waals surface area (Å²) in [5.74, 6) is 4.97. The fraction of sp³-hybridized carbons (Fsp3) is 0.447. The largest absolute Gasteiger partial charge is 0.489 e. The van der Waals surface area contributed by atoms with E-state index in [0.29, 0.717) is 50.1 Å². The van der Waals surface area contributed by atoms with Crippen LogP contribution in [0.4, 0.5) is 0 Å². The second-order valence-electron chi connectivity index (χ2n) is 15.0. The van der Waals surface area contributed by atoms with Crippen LogP contribution in [0.3, 0.4) is 0 Å². The molecule has 0 saturated heterocycles. The van der Waals surface area contributed by atoms with E-state index in [1.807, 2.05) is 0 Å². The average Bonchev–Trinajstić information content (AvgIpc) is 3.16. The Kier molecular flexibility index (Phi) is 13.3. The Balaban J connectivity index is 1.76. The summed E-state index contributed by atoms with van der Waals surface area (Å²) in [5, 5.41) is 4.88. The van der Waals surface area contributed by atoms with Gasteiger partial charge in [0.05, 0.1) is 26.4 Å². The van der Waals surface area contributed by atoms with Crippen LogP contribution in [0.25, 0.3) is 43.8 Å². The van der Waals surface area contributed by atoms with Crippen LogP contribution in [0.5, 0.6) is 23.0 Å². The number of ether oxygens (including phenoxy) is 4. The minimum Gasteiger partial charge on any atom is -0.489 e. The van der Waals surface area contributed by atoms with E-state index in [2.05, 4.69) is 141 Å². The molecule has 0 bridgehead atoms. The lowest BCUT2D eigenvalue weighted by Crippen LogP contribution is -2.11. The fourth-order valence-corrected chi connectivity index (χ4v) is 6.09. The maximum Gasteiger partial charge on any atom is 0.161 e. The summed E-state index contributed by atoms with van der Waals surface area (Å²) in [6, 6.07) is 28.6. The van der Waals surface area contributed by atoms with E-state index in [1.54, 1.807) is 0 Å². The van der Waals surface area contributed by atoms with Crippen molar-refractivity contribution < 1.29 is 18.9 Å². The van der Waals surface area contributed by atoms with E-state index in [0.717, 1.165) is 59.8 Å². The van der Waals surface area contributed by atoms with Crippen molar-refractivity contribution in [2.75, 3.05) is 26.4 Å². The SMILES string of the molecule is CCC(C)COc1ccc(-c2c(-c3ccc(OCC(C)CC)c(OCC(C)CC)c3)c3ccc(C)cc3c3ccccc23)cc1OCC(C)CC. The van der Waals surface area contributed by atoms with Crippen LogP contribution in [0.1, 0.15) is 86.6 Å². The molecular weight excluding hydrogens is 629 g/mol. The van der Waals surface area contributed by atoms with Gasteiger partial charge < -0.3 is 18.9 Å². The number of hydrogen-bond acceptors (Lipinski definition) is 4. The summed E-state index contributed by atoms with van der Waals surface area (Å²) in [4.78, 5) is 0. The van der Waals surface area contributed by atoms with Gasteiger partial charge in [0.25, 0.3) is 0 Å². The van der Waals surface area contributed by atoms with Crippen LogP contribution >= 0.6 is 0 Å². The Hall–Kier alpha value is -4.18. The van der Waals surface area contributed by atoms with Gasteiger partial charge in [0.2, 0.25) is 0 Å². The first-order valence-corrected chi connectivity index (χ1v) is 19.4. The van der Waals surface area contributed by atoms with Gasteiger partial charge in [0, 0.05) is 0 Å². The first-order chi connectivity index (χ1) is 24.7. The van der Waals surface area contributed by atoms with Crippen molar-refractivity contribution in [3.8, 4) is 45.3 Å². The molecule has 0 aliphatic carbocycles. The lowest BCUT2D eigenvalue weighted by molar-refractivity contribution is 0.218. The Morgan fingerprint density at radius 3 is 1.24 bits per heavy atom. The molecular formula is C47H60O4. The van der Waals surface area contributed by atoms with E-state index in [4.69, 9.17) is 18.9 Å². The molecule has 272 valence electrons. The Bertz CT molecular complexity index is 1890. The van der Waals surface area contributed by atoms with Crippen molar-refractivity contribution in [3.63, 3.8) is 0 Å². The molecule has 0 aliphatic heterocycles. The molecule has 51 heavy (non-hydrogen) atoms. The molecule has 4 heteroatoms. The van der Waals surface area contributed by atoms with Crippen LogP contribution in [0.15, 0.2) is 78.9 Å². The zero-order valence-electron chi connectivity index (χ0n) is 32.6. The molecule has 0 radical (unpaired) electrons. The lowest BCUT2D eigenvalue weighted by atomic mass is 9.84. The highest BCUT2D eigenvalue weighted by atomic mass is 16.5. The third-order valence-electron chi connectivity index (χ3n) is 10.5. The normalized spacial score (nSPS) is 13.9. The third kappa shape index (κ3) is 9.19. The van der Waals surface area contributed by atoms with Gasteiger partial charge in [0.15, 0.2) is 23.0 Å². The topological polar surface area (TPSA) is 36.9 Å². The Morgan fingerprint density at radius 1 is 0.412 bits per heavy atom. The molecule has 4 unspecified atom stereocenters. The molecule has 0 saturated carbocycles. The summed E-state index contributed by atoms with van der Waals surface area (Å²) < 4.78 is 26.0. The second-order valence-corrected chi connectivity index (χ2v) is 15.0. The van der Waals surface area contributed by atoms with E-state index >= 15 is 0 Å². The van der Waals surface area contributed by atoms with Crippen molar-refractivity contribution >= 4 is 21.5 Å². The summed E-state index contributed by atoms with van der Waals surface area (Å²) in [5.41, 5.74) is 5.77. The first kappa shape index (κ1) is 38.1. The van der Waals surface area contributed by atoms with E-state index in [1.165, 1.54) is 38.2 Å². The monoisotopic (exact) mass is 688 g/mol. The highest BCUT2D eigenvalue weighted by Gasteiger charge is 2.22. The Morgan fingerprint density at radius 2 is 0.804 bits per heavy atom. The van der Waals surface area contributed by atoms with Crippen molar-refractivity contribution in [3.05, 3.63) is 84.4 Å². The summed E-state index contributed by atoms with van der Waals surface area (Å²) >= 11 is 0. The number of rotatable bonds is 18. The van der Waals surface area contributed by atoms with Crippen molar-refractivity contribution in [2.24, 2.45) is 23.7 Å². The van der Waals surface area contributed by atoms with E-state index in [-0.39, 0.29) is 0 Å². The Labute approximate surface area is 307 Å². The number of hydrogen-bond donors (Lipinski definition) is 0. The summed E-state index contributed by atoms with van der Waals surface area (Å²) in [6.07, 6.45) is 4.25. The molecule has 0 aliphatic rings. The third-order valence-corrected chi connectivity index (χ3v) is 10.5. The van der Waals surface area contributed by atoms with Gasteiger partial charge in [-0.2, -0.15) is 0 Å². The zero-order valence-corrected chi connectivity index (χ0v) is 32.6. The first-order valence-electron chi connectivity index (χ1n) is 19.4. The van der Waals surface area contributed by atoms with Crippen LogP contribution in [0.2, 0.25) is 0 Å². The van der Waals surface area contributed by atoms with Crippen LogP contribution in [-0.4, -0.2) is 26.4 Å². The van der Waals surface area contributed by atoms with Crippen LogP contribution < -0.4 is 18.9 Å². The molecule has 4 atom stereocenters. The number of benzene rings is 5. The predicted octanol–water partition coefficient (Wildman–Crippen LogP) is 13.3. The van der Waals surface area contributed by atoms with E-state index in [9.17, 15) is 0 Å². The van der Waals surface area contributed by atoms with Crippen LogP contribution in [0, 0.1) is 30.6 Å². The molecule has 0 N–H and O–H groups in total. The highest BCUT2D eigenvalue weighted by molar-refractivity contribution is 6.21. The molecule has 5 aromatic rings. The smallest absolute Gasteiger partial charge is 0.161 e. The minimum absolute atomic E-state index is 0.436. The standard InChI is InChI=1S/C47H60O4/c1-10-31(5)27-48-42-22-19-36(25-44(42)50-29-33(7)12-3)46-39-17-15-14-16-38(39)41-24-35(9)18-21-40(41)47(46)37-20-23-43(49-28-32(6)11-2)45(26-37)51-30-34(8)13-4/h14-26,31-34H,10-13,27-30H2,1-9H3. The van der Waals surface area contributed by atoms with E-state index < -0.39 is 0 Å².